The Hall–Kier alpha value is -4.39. The van der Waals surface area contributed by atoms with Gasteiger partial charge in [0.1, 0.15) is 24.6 Å². The highest BCUT2D eigenvalue weighted by atomic mass is 16.6. The minimum Gasteiger partial charge on any atom is -0.489 e. The van der Waals surface area contributed by atoms with Crippen LogP contribution >= 0.6 is 0 Å². The summed E-state index contributed by atoms with van der Waals surface area (Å²) in [4.78, 5) is 37.6. The van der Waals surface area contributed by atoms with Gasteiger partial charge in [0.05, 0.1) is 17.5 Å². The molecule has 0 aromatic heterocycles. The van der Waals surface area contributed by atoms with Gasteiger partial charge >= 0.3 is 17.9 Å². The highest BCUT2D eigenvalue weighted by Crippen LogP contribution is 2.43. The van der Waals surface area contributed by atoms with Gasteiger partial charge in [0.15, 0.2) is 6.10 Å². The van der Waals surface area contributed by atoms with E-state index in [4.69, 9.17) is 18.9 Å². The fourth-order valence-electron chi connectivity index (χ4n) is 4.93. The molecule has 0 unspecified atom stereocenters. The Morgan fingerprint density at radius 2 is 1.47 bits per heavy atom. The molecule has 1 aliphatic carbocycles. The SMILES string of the molecule is O=C1C[C@@H]2[C@@H](C=C[C@H](COc3ccccc3)OC(=O)c3ccccc3)[C@H](OC(=O)c3ccccc3)C[C@@H]2O1. The summed E-state index contributed by atoms with van der Waals surface area (Å²) < 4.78 is 23.0. The lowest BCUT2D eigenvalue weighted by Gasteiger charge is -2.21. The predicted molar refractivity (Wildman–Crippen MR) is 138 cm³/mol. The first-order chi connectivity index (χ1) is 18.6. The molecule has 5 rings (SSSR count). The topological polar surface area (TPSA) is 88.1 Å². The maximum absolute atomic E-state index is 12.8. The summed E-state index contributed by atoms with van der Waals surface area (Å²) >= 11 is 0. The second-order valence-corrected chi connectivity index (χ2v) is 9.34. The van der Waals surface area contributed by atoms with Gasteiger partial charge in [-0.15, -0.1) is 0 Å². The third-order valence-corrected chi connectivity index (χ3v) is 6.79. The Bertz CT molecular complexity index is 1270. The van der Waals surface area contributed by atoms with Crippen LogP contribution in [0.15, 0.2) is 103 Å². The van der Waals surface area contributed by atoms with Crippen LogP contribution in [0.2, 0.25) is 0 Å². The first-order valence-corrected chi connectivity index (χ1v) is 12.6. The van der Waals surface area contributed by atoms with E-state index in [9.17, 15) is 14.4 Å². The number of esters is 3. The molecule has 0 N–H and O–H groups in total. The van der Waals surface area contributed by atoms with Gasteiger partial charge in [-0.25, -0.2) is 9.59 Å². The summed E-state index contributed by atoms with van der Waals surface area (Å²) in [6, 6.07) is 26.7. The van der Waals surface area contributed by atoms with E-state index < -0.39 is 24.1 Å². The van der Waals surface area contributed by atoms with Crippen LogP contribution in [0.3, 0.4) is 0 Å². The number of benzene rings is 3. The molecule has 2 aliphatic rings. The van der Waals surface area contributed by atoms with Crippen LogP contribution in [0.1, 0.15) is 33.6 Å². The number of carbonyl (C=O) groups excluding carboxylic acids is 3. The van der Waals surface area contributed by atoms with Crippen LogP contribution in [0.25, 0.3) is 0 Å². The van der Waals surface area contributed by atoms with Crippen LogP contribution in [0, 0.1) is 11.8 Å². The van der Waals surface area contributed by atoms with Crippen molar-refractivity contribution in [2.45, 2.75) is 31.2 Å². The molecule has 0 bridgehead atoms. The van der Waals surface area contributed by atoms with Crippen LogP contribution in [0.4, 0.5) is 0 Å². The van der Waals surface area contributed by atoms with Gasteiger partial charge in [0, 0.05) is 18.3 Å². The molecule has 5 atom stereocenters. The van der Waals surface area contributed by atoms with Gasteiger partial charge in [-0.05, 0) is 42.5 Å². The second-order valence-electron chi connectivity index (χ2n) is 9.34. The van der Waals surface area contributed by atoms with E-state index in [1.165, 1.54) is 0 Å². The maximum Gasteiger partial charge on any atom is 0.338 e. The molecule has 0 radical (unpaired) electrons. The molecule has 3 aromatic carbocycles. The zero-order chi connectivity index (χ0) is 26.3. The summed E-state index contributed by atoms with van der Waals surface area (Å²) in [5.41, 5.74) is 0.881. The molecule has 1 aliphatic heterocycles. The molecule has 7 heteroatoms. The third kappa shape index (κ3) is 6.11. The second kappa shape index (κ2) is 11.8. The monoisotopic (exact) mass is 512 g/mol. The Morgan fingerprint density at radius 3 is 2.13 bits per heavy atom. The fraction of sp³-hybridized carbons (Fsp3) is 0.258. The molecule has 1 saturated carbocycles. The van der Waals surface area contributed by atoms with E-state index in [1.54, 1.807) is 54.6 Å². The first kappa shape index (κ1) is 25.3. The number of carbonyl (C=O) groups is 3. The third-order valence-electron chi connectivity index (χ3n) is 6.79. The number of rotatable bonds is 9. The molecular weight excluding hydrogens is 484 g/mol. The van der Waals surface area contributed by atoms with Crippen molar-refractivity contribution in [1.82, 2.24) is 0 Å². The minimum absolute atomic E-state index is 0.0871. The van der Waals surface area contributed by atoms with E-state index >= 15 is 0 Å². The van der Waals surface area contributed by atoms with Crippen LogP contribution < -0.4 is 4.74 Å². The highest BCUT2D eigenvalue weighted by molar-refractivity contribution is 5.90. The van der Waals surface area contributed by atoms with Crippen molar-refractivity contribution in [2.24, 2.45) is 11.8 Å². The smallest absolute Gasteiger partial charge is 0.338 e. The number of fused-ring (bicyclic) bond motifs is 1. The number of hydrogen-bond donors (Lipinski definition) is 0. The van der Waals surface area contributed by atoms with Crippen LogP contribution in [-0.2, 0) is 19.0 Å². The van der Waals surface area contributed by atoms with Gasteiger partial charge in [-0.2, -0.15) is 0 Å². The predicted octanol–water partition coefficient (Wildman–Crippen LogP) is 5.02. The molecule has 0 amide bonds. The van der Waals surface area contributed by atoms with Crippen LogP contribution in [0.5, 0.6) is 5.75 Å². The number of para-hydroxylation sites is 1. The quantitative estimate of drug-likeness (QED) is 0.226. The highest BCUT2D eigenvalue weighted by Gasteiger charge is 2.50. The Labute approximate surface area is 221 Å². The lowest BCUT2D eigenvalue weighted by molar-refractivity contribution is -0.141. The van der Waals surface area contributed by atoms with E-state index in [0.29, 0.717) is 23.3 Å². The molecule has 3 aromatic rings. The van der Waals surface area contributed by atoms with Gasteiger partial charge in [0.2, 0.25) is 0 Å². The molecule has 1 heterocycles. The average Bonchev–Trinajstić information content (AvgIpc) is 3.46. The van der Waals surface area contributed by atoms with Crippen molar-refractivity contribution in [2.75, 3.05) is 6.61 Å². The first-order valence-electron chi connectivity index (χ1n) is 12.6. The zero-order valence-corrected chi connectivity index (χ0v) is 20.7. The van der Waals surface area contributed by atoms with Gasteiger partial charge in [-0.1, -0.05) is 60.7 Å². The average molecular weight is 513 g/mol. The zero-order valence-electron chi connectivity index (χ0n) is 20.7. The molecular formula is C31H28O7. The van der Waals surface area contributed by atoms with E-state index in [0.717, 1.165) is 0 Å². The Morgan fingerprint density at radius 1 is 0.868 bits per heavy atom. The van der Waals surface area contributed by atoms with E-state index in [2.05, 4.69) is 0 Å². The van der Waals surface area contributed by atoms with Crippen molar-refractivity contribution in [1.29, 1.82) is 0 Å². The van der Waals surface area contributed by atoms with Crippen molar-refractivity contribution in [3.05, 3.63) is 114 Å². The minimum atomic E-state index is -0.717. The normalized spacial score (nSPS) is 22.9. The van der Waals surface area contributed by atoms with Crippen molar-refractivity contribution in [3.63, 3.8) is 0 Å². The summed E-state index contributed by atoms with van der Waals surface area (Å²) in [6.07, 6.45) is 2.76. The molecule has 1 saturated heterocycles. The standard InChI is InChI=1S/C31H28O7/c32-29-18-26-25(27(19-28(26)37-29)38-31(34)22-12-6-2-7-13-22)17-16-24(20-35-23-14-8-3-9-15-23)36-30(33)21-10-4-1-5-11-21/h1-17,24-28H,18-20H2/t24-,25-,26-,27-,28+/m1/s1. The van der Waals surface area contributed by atoms with E-state index in [1.807, 2.05) is 48.5 Å². The molecule has 38 heavy (non-hydrogen) atoms. The van der Waals surface area contributed by atoms with Gasteiger partial charge < -0.3 is 18.9 Å². The van der Waals surface area contributed by atoms with Crippen molar-refractivity contribution >= 4 is 17.9 Å². The van der Waals surface area contributed by atoms with Crippen LogP contribution in [-0.4, -0.2) is 42.8 Å². The van der Waals surface area contributed by atoms with Gasteiger partial charge in [0.25, 0.3) is 0 Å². The maximum atomic E-state index is 12.8. The van der Waals surface area contributed by atoms with Crippen molar-refractivity contribution in [3.8, 4) is 5.75 Å². The summed E-state index contributed by atoms with van der Waals surface area (Å²) in [5, 5.41) is 0. The number of hydrogen-bond acceptors (Lipinski definition) is 7. The summed E-state index contributed by atoms with van der Waals surface area (Å²) in [6.45, 7) is 0.0871. The fourth-order valence-corrected chi connectivity index (χ4v) is 4.93. The van der Waals surface area contributed by atoms with E-state index in [-0.39, 0.29) is 36.9 Å². The molecule has 2 fully saturated rings. The molecule has 7 nitrogen and oxygen atoms in total. The molecule has 0 spiro atoms. The van der Waals surface area contributed by atoms with Gasteiger partial charge in [-0.3, -0.25) is 4.79 Å². The summed E-state index contributed by atoms with van der Waals surface area (Å²) in [5.74, 6) is -0.938. The Balaban J connectivity index is 1.34. The lowest BCUT2D eigenvalue weighted by atomic mass is 9.91. The Kier molecular flexibility index (Phi) is 7.83. The summed E-state index contributed by atoms with van der Waals surface area (Å²) in [7, 11) is 0. The molecule has 194 valence electrons. The largest absolute Gasteiger partial charge is 0.489 e. The van der Waals surface area contributed by atoms with Crippen molar-refractivity contribution < 1.29 is 33.3 Å². The number of ether oxygens (including phenoxy) is 4. The lowest BCUT2D eigenvalue weighted by Crippen LogP contribution is -2.27.